The van der Waals surface area contributed by atoms with Gasteiger partial charge in [-0.25, -0.2) is 8.78 Å². The van der Waals surface area contributed by atoms with E-state index in [1.54, 1.807) is 13.0 Å². The second-order valence-electron chi connectivity index (χ2n) is 5.58. The Kier molecular flexibility index (Phi) is 6.29. The van der Waals surface area contributed by atoms with Crippen LogP contribution in [0.25, 0.3) is 0 Å². The Morgan fingerprint density at radius 1 is 1.08 bits per heavy atom. The average molecular weight is 353 g/mol. The van der Waals surface area contributed by atoms with Gasteiger partial charge in [0.2, 0.25) is 5.91 Å². The van der Waals surface area contributed by atoms with Crippen molar-refractivity contribution in [2.24, 2.45) is 0 Å². The molecule has 3 nitrogen and oxygen atoms in total. The summed E-state index contributed by atoms with van der Waals surface area (Å²) < 4.78 is 26.6. The summed E-state index contributed by atoms with van der Waals surface area (Å²) in [6.07, 6.45) is 0. The number of rotatable bonds is 6. The summed E-state index contributed by atoms with van der Waals surface area (Å²) in [5, 5.41) is 6.38. The van der Waals surface area contributed by atoms with Gasteiger partial charge < -0.3 is 10.6 Å². The molecule has 128 valence electrons. The Balaban J connectivity index is 1.90. The lowest BCUT2D eigenvalue weighted by Gasteiger charge is -2.18. The molecular formula is C18H19ClF2N2O. The van der Waals surface area contributed by atoms with Gasteiger partial charge in [0.05, 0.1) is 12.6 Å². The molecule has 1 amide bonds. The summed E-state index contributed by atoms with van der Waals surface area (Å²) >= 11 is 6.12. The van der Waals surface area contributed by atoms with E-state index in [-0.39, 0.29) is 24.1 Å². The highest BCUT2D eigenvalue weighted by atomic mass is 35.5. The van der Waals surface area contributed by atoms with Gasteiger partial charge in [-0.3, -0.25) is 4.79 Å². The van der Waals surface area contributed by atoms with Crippen LogP contribution in [0.15, 0.2) is 42.5 Å². The molecule has 0 saturated carbocycles. The summed E-state index contributed by atoms with van der Waals surface area (Å²) in [6, 6.07) is 10.0. The van der Waals surface area contributed by atoms with E-state index in [1.165, 1.54) is 12.1 Å². The quantitative estimate of drug-likeness (QED) is 0.820. The van der Waals surface area contributed by atoms with Crippen LogP contribution in [0.5, 0.6) is 0 Å². The zero-order valence-corrected chi connectivity index (χ0v) is 14.2. The summed E-state index contributed by atoms with van der Waals surface area (Å²) in [5.74, 6) is -1.62. The molecule has 0 unspecified atom stereocenters. The van der Waals surface area contributed by atoms with Gasteiger partial charge in [-0.1, -0.05) is 35.9 Å². The third-order valence-electron chi connectivity index (χ3n) is 3.75. The Morgan fingerprint density at radius 2 is 1.79 bits per heavy atom. The molecule has 6 heteroatoms. The molecule has 2 aromatic carbocycles. The molecular weight excluding hydrogens is 334 g/mol. The molecule has 2 atom stereocenters. The van der Waals surface area contributed by atoms with Crippen molar-refractivity contribution in [3.8, 4) is 0 Å². The van der Waals surface area contributed by atoms with Crippen molar-refractivity contribution < 1.29 is 13.6 Å². The van der Waals surface area contributed by atoms with E-state index in [2.05, 4.69) is 10.6 Å². The number of carbonyl (C=O) groups is 1. The SMILES string of the molecule is C[C@@H](NC(=O)CN[C@H](C)c1ccccc1Cl)c1ccc(F)cc1F. The predicted octanol–water partition coefficient (Wildman–Crippen LogP) is 4.15. The van der Waals surface area contributed by atoms with E-state index in [4.69, 9.17) is 11.6 Å². The van der Waals surface area contributed by atoms with Crippen molar-refractivity contribution >= 4 is 17.5 Å². The van der Waals surface area contributed by atoms with Crippen molar-refractivity contribution in [2.75, 3.05) is 6.54 Å². The second-order valence-corrected chi connectivity index (χ2v) is 5.99. The van der Waals surface area contributed by atoms with Crippen LogP contribution < -0.4 is 10.6 Å². The monoisotopic (exact) mass is 352 g/mol. The molecule has 0 fully saturated rings. The third-order valence-corrected chi connectivity index (χ3v) is 4.09. The summed E-state index contributed by atoms with van der Waals surface area (Å²) in [5.41, 5.74) is 1.13. The summed E-state index contributed by atoms with van der Waals surface area (Å²) in [4.78, 5) is 12.0. The summed E-state index contributed by atoms with van der Waals surface area (Å²) in [6.45, 7) is 3.60. The minimum absolute atomic E-state index is 0.0551. The number of hydrogen-bond donors (Lipinski definition) is 2. The Bertz CT molecular complexity index is 724. The van der Waals surface area contributed by atoms with Crippen LogP contribution in [-0.2, 0) is 4.79 Å². The fourth-order valence-corrected chi connectivity index (χ4v) is 2.70. The Labute approximate surface area is 145 Å². The van der Waals surface area contributed by atoms with E-state index in [0.29, 0.717) is 5.02 Å². The van der Waals surface area contributed by atoms with E-state index < -0.39 is 17.7 Å². The Hall–Kier alpha value is -1.98. The lowest BCUT2D eigenvalue weighted by Crippen LogP contribution is -2.36. The molecule has 0 bridgehead atoms. The minimum atomic E-state index is -0.680. The number of hydrogen-bond acceptors (Lipinski definition) is 2. The molecule has 2 rings (SSSR count). The van der Waals surface area contributed by atoms with Crippen LogP contribution in [-0.4, -0.2) is 12.5 Å². The first-order chi connectivity index (χ1) is 11.4. The molecule has 0 aromatic heterocycles. The number of amides is 1. The topological polar surface area (TPSA) is 41.1 Å². The first-order valence-electron chi connectivity index (χ1n) is 7.60. The van der Waals surface area contributed by atoms with Crippen molar-refractivity contribution in [1.82, 2.24) is 10.6 Å². The van der Waals surface area contributed by atoms with Gasteiger partial charge in [0.15, 0.2) is 0 Å². The molecule has 0 aliphatic rings. The van der Waals surface area contributed by atoms with Gasteiger partial charge in [0.1, 0.15) is 11.6 Å². The largest absolute Gasteiger partial charge is 0.348 e. The van der Waals surface area contributed by atoms with Crippen molar-refractivity contribution in [3.63, 3.8) is 0 Å². The molecule has 0 saturated heterocycles. The predicted molar refractivity (Wildman–Crippen MR) is 90.8 cm³/mol. The van der Waals surface area contributed by atoms with Crippen LogP contribution in [0.3, 0.4) is 0 Å². The molecule has 0 aliphatic carbocycles. The van der Waals surface area contributed by atoms with Crippen molar-refractivity contribution in [2.45, 2.75) is 25.9 Å². The highest BCUT2D eigenvalue weighted by Crippen LogP contribution is 2.22. The van der Waals surface area contributed by atoms with Crippen LogP contribution in [0.1, 0.15) is 37.1 Å². The smallest absolute Gasteiger partial charge is 0.234 e. The second kappa shape index (κ2) is 8.22. The van der Waals surface area contributed by atoms with Gasteiger partial charge in [-0.15, -0.1) is 0 Å². The van der Waals surface area contributed by atoms with Gasteiger partial charge in [-0.05, 0) is 31.5 Å². The molecule has 0 radical (unpaired) electrons. The number of nitrogens with one attached hydrogen (secondary N) is 2. The van der Waals surface area contributed by atoms with E-state index in [9.17, 15) is 13.6 Å². The van der Waals surface area contributed by atoms with Gasteiger partial charge >= 0.3 is 0 Å². The van der Waals surface area contributed by atoms with E-state index >= 15 is 0 Å². The first kappa shape index (κ1) is 18.4. The van der Waals surface area contributed by atoms with Gasteiger partial charge in [0, 0.05) is 22.7 Å². The molecule has 2 aromatic rings. The maximum Gasteiger partial charge on any atom is 0.234 e. The highest BCUT2D eigenvalue weighted by molar-refractivity contribution is 6.31. The highest BCUT2D eigenvalue weighted by Gasteiger charge is 2.15. The van der Waals surface area contributed by atoms with E-state index in [0.717, 1.165) is 11.6 Å². The lowest BCUT2D eigenvalue weighted by atomic mass is 10.1. The lowest BCUT2D eigenvalue weighted by molar-refractivity contribution is -0.121. The first-order valence-corrected chi connectivity index (χ1v) is 7.98. The molecule has 0 aliphatic heterocycles. The maximum absolute atomic E-state index is 13.7. The number of benzene rings is 2. The number of carbonyl (C=O) groups excluding carboxylic acids is 1. The zero-order valence-electron chi connectivity index (χ0n) is 13.4. The minimum Gasteiger partial charge on any atom is -0.348 e. The maximum atomic E-state index is 13.7. The molecule has 2 N–H and O–H groups in total. The van der Waals surface area contributed by atoms with Gasteiger partial charge in [0.25, 0.3) is 0 Å². The standard InChI is InChI=1S/C18H19ClF2N2O/c1-11(14-5-3-4-6-16(14)19)22-10-18(24)23-12(2)15-8-7-13(20)9-17(15)21/h3-9,11-12,22H,10H2,1-2H3,(H,23,24)/t11-,12-/m1/s1. The van der Waals surface area contributed by atoms with Crippen LogP contribution >= 0.6 is 11.6 Å². The van der Waals surface area contributed by atoms with Crippen LogP contribution in [0.2, 0.25) is 5.02 Å². The summed E-state index contributed by atoms with van der Waals surface area (Å²) in [7, 11) is 0. The molecule has 24 heavy (non-hydrogen) atoms. The average Bonchev–Trinajstić information content (AvgIpc) is 2.52. The van der Waals surface area contributed by atoms with Crippen molar-refractivity contribution in [3.05, 3.63) is 70.2 Å². The molecule has 0 heterocycles. The van der Waals surface area contributed by atoms with Crippen molar-refractivity contribution in [1.29, 1.82) is 0 Å². The van der Waals surface area contributed by atoms with E-state index in [1.807, 2.05) is 25.1 Å². The zero-order chi connectivity index (χ0) is 17.7. The van der Waals surface area contributed by atoms with Crippen LogP contribution in [0, 0.1) is 11.6 Å². The normalized spacial score (nSPS) is 13.4. The fourth-order valence-electron chi connectivity index (χ4n) is 2.40. The fraction of sp³-hybridized carbons (Fsp3) is 0.278. The molecule has 0 spiro atoms. The van der Waals surface area contributed by atoms with Gasteiger partial charge in [-0.2, -0.15) is 0 Å². The Morgan fingerprint density at radius 3 is 2.46 bits per heavy atom. The van der Waals surface area contributed by atoms with Crippen LogP contribution in [0.4, 0.5) is 8.78 Å². The third kappa shape index (κ3) is 4.76. The number of halogens is 3.